The first-order valence-electron chi connectivity index (χ1n) is 5.73. The normalized spacial score (nSPS) is 23.2. The van der Waals surface area contributed by atoms with Crippen LogP contribution in [0.2, 0.25) is 0 Å². The van der Waals surface area contributed by atoms with Crippen molar-refractivity contribution in [3.05, 3.63) is 35.9 Å². The molecule has 2 unspecified atom stereocenters. The fraction of sp³-hybridized carbons (Fsp3) is 0.385. The Labute approximate surface area is 104 Å². The third-order valence-corrected chi connectivity index (χ3v) is 2.70. The summed E-state index contributed by atoms with van der Waals surface area (Å²) in [5.74, 6) is -1.08. The van der Waals surface area contributed by atoms with Gasteiger partial charge in [-0.2, -0.15) is 0 Å². The van der Waals surface area contributed by atoms with E-state index >= 15 is 0 Å². The molecular formula is C13H14O5. The summed E-state index contributed by atoms with van der Waals surface area (Å²) in [5, 5.41) is 8.74. The molecule has 1 saturated heterocycles. The second-order valence-corrected chi connectivity index (χ2v) is 4.02. The molecule has 5 nitrogen and oxygen atoms in total. The molecule has 0 aliphatic carbocycles. The minimum Gasteiger partial charge on any atom is -0.452 e. The van der Waals surface area contributed by atoms with E-state index < -0.39 is 24.0 Å². The molecule has 0 radical (unpaired) electrons. The molecule has 1 N–H and O–H groups in total. The molecule has 0 saturated carbocycles. The molecule has 18 heavy (non-hydrogen) atoms. The summed E-state index contributed by atoms with van der Waals surface area (Å²) in [6, 6.07) is 9.26. The van der Waals surface area contributed by atoms with Gasteiger partial charge in [0.25, 0.3) is 0 Å². The van der Waals surface area contributed by atoms with Gasteiger partial charge in [0.15, 0.2) is 6.10 Å². The number of hydrogen-bond donors (Lipinski definition) is 1. The molecule has 0 amide bonds. The summed E-state index contributed by atoms with van der Waals surface area (Å²) in [7, 11) is 0. The summed E-state index contributed by atoms with van der Waals surface area (Å²) < 4.78 is 10.1. The minimum absolute atomic E-state index is 0.121. The first-order chi connectivity index (χ1) is 8.72. The number of rotatable bonds is 5. The Morgan fingerprint density at radius 1 is 1.22 bits per heavy atom. The van der Waals surface area contributed by atoms with E-state index in [0.29, 0.717) is 0 Å². The number of carbonyl (C=O) groups excluding carboxylic acids is 2. The van der Waals surface area contributed by atoms with Crippen LogP contribution in [0.1, 0.15) is 12.0 Å². The lowest BCUT2D eigenvalue weighted by atomic mass is 10.1. The van der Waals surface area contributed by atoms with Gasteiger partial charge in [-0.1, -0.05) is 30.3 Å². The second-order valence-electron chi connectivity index (χ2n) is 4.02. The van der Waals surface area contributed by atoms with E-state index in [1.54, 1.807) is 0 Å². The molecule has 1 fully saturated rings. The molecule has 1 aromatic carbocycles. The number of aliphatic hydroxyl groups is 1. The Morgan fingerprint density at radius 3 is 2.61 bits per heavy atom. The lowest BCUT2D eigenvalue weighted by Gasteiger charge is -2.07. The number of hydrogen-bond acceptors (Lipinski definition) is 5. The SMILES string of the molecule is O=C1OC(CCO)C(=O)C1OCc1ccccc1. The number of Topliss-reactive ketones (excluding diaryl/α,β-unsaturated/α-hetero) is 1. The van der Waals surface area contributed by atoms with Crippen LogP contribution in [-0.2, 0) is 25.7 Å². The highest BCUT2D eigenvalue weighted by molar-refractivity contribution is 6.09. The van der Waals surface area contributed by atoms with Crippen molar-refractivity contribution in [2.75, 3.05) is 6.61 Å². The van der Waals surface area contributed by atoms with E-state index in [2.05, 4.69) is 0 Å². The monoisotopic (exact) mass is 250 g/mol. The van der Waals surface area contributed by atoms with Crippen molar-refractivity contribution in [2.24, 2.45) is 0 Å². The summed E-state index contributed by atoms with van der Waals surface area (Å²) in [4.78, 5) is 23.2. The third kappa shape index (κ3) is 2.75. The zero-order chi connectivity index (χ0) is 13.0. The Morgan fingerprint density at radius 2 is 1.94 bits per heavy atom. The number of ketones is 1. The molecule has 5 heteroatoms. The highest BCUT2D eigenvalue weighted by Gasteiger charge is 2.43. The number of benzene rings is 1. The van der Waals surface area contributed by atoms with Gasteiger partial charge in [-0.3, -0.25) is 4.79 Å². The van der Waals surface area contributed by atoms with E-state index in [9.17, 15) is 9.59 Å². The maximum Gasteiger partial charge on any atom is 0.343 e. The minimum atomic E-state index is -1.17. The van der Waals surface area contributed by atoms with Crippen LogP contribution in [0, 0.1) is 0 Å². The van der Waals surface area contributed by atoms with E-state index in [1.807, 2.05) is 30.3 Å². The number of aliphatic hydroxyl groups excluding tert-OH is 1. The van der Waals surface area contributed by atoms with Crippen molar-refractivity contribution in [2.45, 2.75) is 25.2 Å². The zero-order valence-electron chi connectivity index (χ0n) is 9.74. The molecule has 96 valence electrons. The predicted molar refractivity (Wildman–Crippen MR) is 61.6 cm³/mol. The second kappa shape index (κ2) is 5.75. The molecule has 0 bridgehead atoms. The predicted octanol–water partition coefficient (Wildman–Crippen LogP) is 0.449. The largest absolute Gasteiger partial charge is 0.452 e. The van der Waals surface area contributed by atoms with Gasteiger partial charge in [0.05, 0.1) is 6.61 Å². The summed E-state index contributed by atoms with van der Waals surface area (Å²) in [5.41, 5.74) is 0.878. The van der Waals surface area contributed by atoms with E-state index in [-0.39, 0.29) is 19.6 Å². The Hall–Kier alpha value is -1.72. The van der Waals surface area contributed by atoms with Crippen LogP contribution in [0.5, 0.6) is 0 Å². The van der Waals surface area contributed by atoms with Crippen LogP contribution in [0.4, 0.5) is 0 Å². The van der Waals surface area contributed by atoms with Crippen molar-refractivity contribution in [1.29, 1.82) is 0 Å². The van der Waals surface area contributed by atoms with E-state index in [0.717, 1.165) is 5.56 Å². The first-order valence-corrected chi connectivity index (χ1v) is 5.73. The maximum absolute atomic E-state index is 11.7. The van der Waals surface area contributed by atoms with Crippen LogP contribution < -0.4 is 0 Å². The summed E-state index contributed by atoms with van der Waals surface area (Å²) in [6.07, 6.45) is -1.92. The van der Waals surface area contributed by atoms with Crippen molar-refractivity contribution < 1.29 is 24.2 Å². The van der Waals surface area contributed by atoms with Gasteiger partial charge in [0, 0.05) is 13.0 Å². The highest BCUT2D eigenvalue weighted by Crippen LogP contribution is 2.18. The van der Waals surface area contributed by atoms with Crippen LogP contribution in [0.25, 0.3) is 0 Å². The number of carbonyl (C=O) groups is 2. The average molecular weight is 250 g/mol. The van der Waals surface area contributed by atoms with Crippen LogP contribution in [-0.4, -0.2) is 35.7 Å². The fourth-order valence-electron chi connectivity index (χ4n) is 1.77. The van der Waals surface area contributed by atoms with Gasteiger partial charge in [0.2, 0.25) is 11.9 Å². The maximum atomic E-state index is 11.7. The molecule has 1 aromatic rings. The zero-order valence-corrected chi connectivity index (χ0v) is 9.74. The van der Waals surface area contributed by atoms with Gasteiger partial charge in [-0.15, -0.1) is 0 Å². The number of esters is 1. The van der Waals surface area contributed by atoms with Crippen molar-refractivity contribution in [1.82, 2.24) is 0 Å². The Kier molecular flexibility index (Phi) is 4.07. The van der Waals surface area contributed by atoms with Gasteiger partial charge in [-0.25, -0.2) is 4.79 Å². The van der Waals surface area contributed by atoms with E-state index in [4.69, 9.17) is 14.6 Å². The van der Waals surface area contributed by atoms with Gasteiger partial charge < -0.3 is 14.6 Å². The Bertz CT molecular complexity index is 428. The Balaban J connectivity index is 1.93. The van der Waals surface area contributed by atoms with Crippen molar-refractivity contribution in [3.8, 4) is 0 Å². The van der Waals surface area contributed by atoms with Crippen molar-refractivity contribution >= 4 is 11.8 Å². The highest BCUT2D eigenvalue weighted by atomic mass is 16.6. The number of ether oxygens (including phenoxy) is 2. The van der Waals surface area contributed by atoms with Crippen LogP contribution >= 0.6 is 0 Å². The van der Waals surface area contributed by atoms with Crippen LogP contribution in [0.15, 0.2) is 30.3 Å². The molecule has 0 spiro atoms. The average Bonchev–Trinajstić information content (AvgIpc) is 2.64. The number of cyclic esters (lactones) is 1. The summed E-state index contributed by atoms with van der Waals surface area (Å²) >= 11 is 0. The quantitative estimate of drug-likeness (QED) is 0.606. The first kappa shape index (κ1) is 12.7. The topological polar surface area (TPSA) is 72.8 Å². The standard InChI is InChI=1S/C13H14O5/c14-7-6-10-11(15)12(13(16)18-10)17-8-9-4-2-1-3-5-9/h1-5,10,12,14H,6-8H2. The molecule has 2 atom stereocenters. The summed E-state index contributed by atoms with van der Waals surface area (Å²) in [6.45, 7) is -0.0206. The van der Waals surface area contributed by atoms with Gasteiger partial charge in [-0.05, 0) is 5.56 Å². The lowest BCUT2D eigenvalue weighted by Crippen LogP contribution is -2.28. The van der Waals surface area contributed by atoms with Gasteiger partial charge >= 0.3 is 5.97 Å². The third-order valence-electron chi connectivity index (χ3n) is 2.70. The lowest BCUT2D eigenvalue weighted by molar-refractivity contribution is -0.150. The molecule has 2 rings (SSSR count). The fourth-order valence-corrected chi connectivity index (χ4v) is 1.77. The van der Waals surface area contributed by atoms with E-state index in [1.165, 1.54) is 0 Å². The van der Waals surface area contributed by atoms with Crippen LogP contribution in [0.3, 0.4) is 0 Å². The molecule has 0 aromatic heterocycles. The molecule has 1 aliphatic rings. The molecule has 1 aliphatic heterocycles. The van der Waals surface area contributed by atoms with Crippen molar-refractivity contribution in [3.63, 3.8) is 0 Å². The molecular weight excluding hydrogens is 236 g/mol. The smallest absolute Gasteiger partial charge is 0.343 e. The van der Waals surface area contributed by atoms with Gasteiger partial charge in [0.1, 0.15) is 0 Å². The molecule has 1 heterocycles.